The van der Waals surface area contributed by atoms with Gasteiger partial charge in [-0.2, -0.15) is 0 Å². The second-order valence-electron chi connectivity index (χ2n) is 6.12. The summed E-state index contributed by atoms with van der Waals surface area (Å²) in [5, 5.41) is 21.9. The van der Waals surface area contributed by atoms with Gasteiger partial charge in [0, 0.05) is 9.79 Å². The van der Waals surface area contributed by atoms with Gasteiger partial charge in [-0.1, -0.05) is 43.0 Å². The second-order valence-corrected chi connectivity index (χ2v) is 7.21. The fraction of sp³-hybridized carbons (Fsp3) is 0.368. The Morgan fingerprint density at radius 3 is 2.17 bits per heavy atom. The van der Waals surface area contributed by atoms with E-state index in [1.165, 1.54) is 9.79 Å². The maximum atomic E-state index is 10.5. The van der Waals surface area contributed by atoms with E-state index in [1.807, 2.05) is 17.4 Å². The number of aliphatic hydroxyl groups excluding tert-OH is 2. The van der Waals surface area contributed by atoms with Gasteiger partial charge in [0.25, 0.3) is 0 Å². The van der Waals surface area contributed by atoms with Gasteiger partial charge in [-0.3, -0.25) is 0 Å². The molecule has 0 aliphatic carbocycles. The number of fused-ring (bicyclic) bond motifs is 2. The van der Waals surface area contributed by atoms with E-state index in [2.05, 4.69) is 48.2 Å². The first-order valence-corrected chi connectivity index (χ1v) is 9.30. The second kappa shape index (κ2) is 8.03. The van der Waals surface area contributed by atoms with Crippen LogP contribution >= 0.6 is 11.8 Å². The molecule has 0 amide bonds. The van der Waals surface area contributed by atoms with Crippen molar-refractivity contribution in [2.24, 2.45) is 0 Å². The summed E-state index contributed by atoms with van der Waals surface area (Å²) in [4.78, 5) is 4.64. The Morgan fingerprint density at radius 2 is 1.62 bits per heavy atom. The van der Waals surface area contributed by atoms with Crippen LogP contribution < -0.4 is 10.2 Å². The maximum absolute atomic E-state index is 10.5. The number of quaternary nitrogens is 1. The van der Waals surface area contributed by atoms with Crippen LogP contribution in [0.2, 0.25) is 0 Å². The van der Waals surface area contributed by atoms with Crippen molar-refractivity contribution in [2.75, 3.05) is 24.6 Å². The van der Waals surface area contributed by atoms with E-state index in [-0.39, 0.29) is 12.6 Å². The maximum Gasteiger partial charge on any atom is 0.121 e. The lowest BCUT2D eigenvalue weighted by Crippen LogP contribution is -2.92. The van der Waals surface area contributed by atoms with Crippen molar-refractivity contribution in [3.63, 3.8) is 0 Å². The highest BCUT2D eigenvalue weighted by Gasteiger charge is 2.25. The summed E-state index contributed by atoms with van der Waals surface area (Å²) in [6.45, 7) is 3.34. The quantitative estimate of drug-likeness (QED) is 0.718. The van der Waals surface area contributed by atoms with Crippen molar-refractivity contribution >= 4 is 23.1 Å². The van der Waals surface area contributed by atoms with Gasteiger partial charge in [-0.05, 0) is 30.7 Å². The third kappa shape index (κ3) is 3.75. The zero-order chi connectivity index (χ0) is 16.9. The van der Waals surface area contributed by atoms with E-state index in [0.717, 1.165) is 17.8 Å². The molecule has 2 aromatic carbocycles. The lowest BCUT2D eigenvalue weighted by molar-refractivity contribution is -0.696. The molecule has 2 aromatic rings. The fourth-order valence-electron chi connectivity index (χ4n) is 2.98. The van der Waals surface area contributed by atoms with E-state index in [0.29, 0.717) is 13.1 Å². The summed E-state index contributed by atoms with van der Waals surface area (Å²) in [5.41, 5.74) is 2.30. The number of nitrogens with two attached hydrogens (primary N) is 1. The SMILES string of the molecule is CC[C@H](CO)[NH2+]C[C@H](O)CN1c2ccccc2Sc2ccccc21. The van der Waals surface area contributed by atoms with Crippen molar-refractivity contribution in [1.82, 2.24) is 0 Å². The lowest BCUT2D eigenvalue weighted by atomic mass is 10.2. The van der Waals surface area contributed by atoms with Gasteiger partial charge < -0.3 is 20.4 Å². The molecule has 0 fully saturated rings. The number of rotatable bonds is 7. The lowest BCUT2D eigenvalue weighted by Gasteiger charge is -2.34. The van der Waals surface area contributed by atoms with Crippen LogP contribution in [-0.2, 0) is 0 Å². The summed E-state index contributed by atoms with van der Waals surface area (Å²) in [6.07, 6.45) is 0.435. The molecule has 1 aliphatic heterocycles. The average Bonchev–Trinajstić information content (AvgIpc) is 2.62. The molecule has 4 nitrogen and oxygen atoms in total. The molecule has 5 heteroatoms. The van der Waals surface area contributed by atoms with Gasteiger partial charge in [0.05, 0.1) is 24.5 Å². The predicted molar refractivity (Wildman–Crippen MR) is 98.0 cm³/mol. The number of aliphatic hydroxyl groups is 2. The molecule has 4 N–H and O–H groups in total. The molecule has 2 atom stereocenters. The summed E-state index contributed by atoms with van der Waals surface area (Å²) in [5.74, 6) is 0. The summed E-state index contributed by atoms with van der Waals surface area (Å²) >= 11 is 1.77. The van der Waals surface area contributed by atoms with Crippen LogP contribution in [0.1, 0.15) is 13.3 Å². The number of anilines is 2. The van der Waals surface area contributed by atoms with Gasteiger partial charge in [0.15, 0.2) is 0 Å². The molecule has 24 heavy (non-hydrogen) atoms. The number of hydrogen-bond acceptors (Lipinski definition) is 4. The third-order valence-corrected chi connectivity index (χ3v) is 5.56. The van der Waals surface area contributed by atoms with Crippen LogP contribution in [0.15, 0.2) is 58.3 Å². The van der Waals surface area contributed by atoms with Crippen molar-refractivity contribution < 1.29 is 15.5 Å². The van der Waals surface area contributed by atoms with Gasteiger partial charge in [0.1, 0.15) is 18.7 Å². The third-order valence-electron chi connectivity index (χ3n) is 4.43. The van der Waals surface area contributed by atoms with Crippen LogP contribution in [0.3, 0.4) is 0 Å². The van der Waals surface area contributed by atoms with Crippen molar-refractivity contribution in [1.29, 1.82) is 0 Å². The van der Waals surface area contributed by atoms with E-state index in [9.17, 15) is 10.2 Å². The molecular formula is C19H25N2O2S+. The smallest absolute Gasteiger partial charge is 0.121 e. The molecule has 0 unspecified atom stereocenters. The first-order chi connectivity index (χ1) is 11.7. The fourth-order valence-corrected chi connectivity index (χ4v) is 4.08. The first-order valence-electron chi connectivity index (χ1n) is 8.48. The minimum Gasteiger partial charge on any atom is -0.390 e. The largest absolute Gasteiger partial charge is 0.390 e. The Balaban J connectivity index is 1.77. The molecule has 0 saturated heterocycles. The molecule has 0 bridgehead atoms. The number of benzene rings is 2. The Labute approximate surface area is 147 Å². The Hall–Kier alpha value is -1.53. The molecule has 0 aromatic heterocycles. The number of para-hydroxylation sites is 2. The van der Waals surface area contributed by atoms with E-state index >= 15 is 0 Å². The molecule has 1 heterocycles. The topological polar surface area (TPSA) is 60.3 Å². The molecule has 128 valence electrons. The van der Waals surface area contributed by atoms with Crippen LogP contribution in [0.4, 0.5) is 11.4 Å². The molecule has 0 saturated carbocycles. The molecule has 3 rings (SSSR count). The highest BCUT2D eigenvalue weighted by Crippen LogP contribution is 2.47. The van der Waals surface area contributed by atoms with Crippen molar-refractivity contribution in [3.8, 4) is 0 Å². The zero-order valence-electron chi connectivity index (χ0n) is 13.9. The van der Waals surface area contributed by atoms with Gasteiger partial charge in [-0.25, -0.2) is 0 Å². The van der Waals surface area contributed by atoms with Crippen LogP contribution in [0.25, 0.3) is 0 Å². The van der Waals surface area contributed by atoms with Crippen molar-refractivity contribution in [2.45, 2.75) is 35.3 Å². The molecule has 1 aliphatic rings. The monoisotopic (exact) mass is 345 g/mol. The Kier molecular flexibility index (Phi) is 5.79. The minimum atomic E-state index is -0.463. The normalized spacial score (nSPS) is 15.5. The first kappa shape index (κ1) is 17.3. The highest BCUT2D eigenvalue weighted by molar-refractivity contribution is 7.99. The van der Waals surface area contributed by atoms with E-state index in [1.54, 1.807) is 11.8 Å². The van der Waals surface area contributed by atoms with Crippen LogP contribution in [0, 0.1) is 0 Å². The molecule has 0 spiro atoms. The van der Waals surface area contributed by atoms with Gasteiger partial charge in [0.2, 0.25) is 0 Å². The summed E-state index contributed by atoms with van der Waals surface area (Å²) in [7, 11) is 0. The summed E-state index contributed by atoms with van der Waals surface area (Å²) in [6, 6.07) is 16.8. The zero-order valence-corrected chi connectivity index (χ0v) is 14.7. The van der Waals surface area contributed by atoms with Crippen LogP contribution in [-0.4, -0.2) is 42.1 Å². The van der Waals surface area contributed by atoms with Crippen LogP contribution in [0.5, 0.6) is 0 Å². The van der Waals surface area contributed by atoms with Gasteiger partial charge >= 0.3 is 0 Å². The van der Waals surface area contributed by atoms with E-state index in [4.69, 9.17) is 0 Å². The summed E-state index contributed by atoms with van der Waals surface area (Å²) < 4.78 is 0. The van der Waals surface area contributed by atoms with Crippen molar-refractivity contribution in [3.05, 3.63) is 48.5 Å². The Bertz CT molecular complexity index is 630. The van der Waals surface area contributed by atoms with E-state index < -0.39 is 6.10 Å². The average molecular weight is 345 g/mol. The standard InChI is InChI=1S/C19H24N2O2S/c1-2-14(13-22)20-11-15(23)12-21-16-7-3-5-9-18(16)24-19-10-6-4-8-17(19)21/h3-10,14-15,20,22-23H,2,11-13H2,1H3/p+1/t14-,15+/m1/s1. The Morgan fingerprint density at radius 1 is 1.04 bits per heavy atom. The van der Waals surface area contributed by atoms with Gasteiger partial charge in [-0.15, -0.1) is 0 Å². The highest BCUT2D eigenvalue weighted by atomic mass is 32.2. The number of nitrogens with zero attached hydrogens (tertiary/aromatic N) is 1. The number of β-amino-alcohol motifs (C(OH)–C–C–N with tert-alkyl or cyclic N) is 1. The number of hydrogen-bond donors (Lipinski definition) is 3. The predicted octanol–water partition coefficient (Wildman–Crippen LogP) is 1.98. The minimum absolute atomic E-state index is 0.148. The molecule has 0 radical (unpaired) electrons. The molecular weight excluding hydrogens is 320 g/mol.